The van der Waals surface area contributed by atoms with Crippen LogP contribution in [0, 0.1) is 17.8 Å². The second kappa shape index (κ2) is 8.41. The molecular formula is C24H26N2O5. The number of imide groups is 1. The Hall–Kier alpha value is -3.35. The van der Waals surface area contributed by atoms with Gasteiger partial charge in [-0.05, 0) is 55.5 Å². The molecule has 2 aromatic rings. The lowest BCUT2D eigenvalue weighted by molar-refractivity contribution is -0.122. The van der Waals surface area contributed by atoms with Crippen molar-refractivity contribution < 1.29 is 23.9 Å². The highest BCUT2D eigenvalue weighted by Gasteiger charge is 2.50. The lowest BCUT2D eigenvalue weighted by Gasteiger charge is -2.25. The molecule has 0 spiro atoms. The molecular weight excluding hydrogens is 396 g/mol. The molecule has 3 amide bonds. The number of hydrogen-bond acceptors (Lipinski definition) is 5. The number of nitrogens with zero attached hydrogens (tertiary/aromatic N) is 1. The molecule has 7 nitrogen and oxygen atoms in total. The van der Waals surface area contributed by atoms with E-state index in [-0.39, 0.29) is 29.6 Å². The Bertz CT molecular complexity index is 1030. The van der Waals surface area contributed by atoms with Gasteiger partial charge in [0.1, 0.15) is 11.5 Å². The molecule has 31 heavy (non-hydrogen) atoms. The highest BCUT2D eigenvalue weighted by Crippen LogP contribution is 2.42. The molecule has 2 aromatic carbocycles. The first-order valence-electron chi connectivity index (χ1n) is 10.4. The van der Waals surface area contributed by atoms with Crippen molar-refractivity contribution in [1.29, 1.82) is 0 Å². The van der Waals surface area contributed by atoms with Gasteiger partial charge in [0.15, 0.2) is 0 Å². The van der Waals surface area contributed by atoms with Gasteiger partial charge in [0.2, 0.25) is 11.8 Å². The first kappa shape index (κ1) is 20.9. The first-order chi connectivity index (χ1) is 14.9. The van der Waals surface area contributed by atoms with Crippen molar-refractivity contribution >= 4 is 29.1 Å². The van der Waals surface area contributed by atoms with Gasteiger partial charge in [-0.15, -0.1) is 0 Å². The second-order valence-corrected chi connectivity index (χ2v) is 8.21. The molecule has 1 heterocycles. The molecule has 2 fully saturated rings. The fraction of sp³-hybridized carbons (Fsp3) is 0.375. The minimum atomic E-state index is -0.365. The summed E-state index contributed by atoms with van der Waals surface area (Å²) in [6.07, 6.45) is 2.44. The third kappa shape index (κ3) is 3.87. The van der Waals surface area contributed by atoms with E-state index in [0.717, 1.165) is 19.3 Å². The standard InChI is InChI=1S/C24H26N2O5/c1-14-7-9-18-19(11-14)24(29)26(23(18)28)16-6-4-5-15(12-16)22(27)25-20-10-8-17(30-2)13-21(20)31-3/h4-6,8,10,12-14,18-19H,7,9,11H2,1-3H3,(H,25,27)/t14-,18+,19-/m0/s1. The zero-order chi connectivity index (χ0) is 22.1. The van der Waals surface area contributed by atoms with Crippen molar-refractivity contribution in [2.45, 2.75) is 26.2 Å². The molecule has 0 bridgehead atoms. The van der Waals surface area contributed by atoms with Crippen molar-refractivity contribution in [1.82, 2.24) is 0 Å². The number of rotatable bonds is 5. The summed E-state index contributed by atoms with van der Waals surface area (Å²) in [6.45, 7) is 2.12. The summed E-state index contributed by atoms with van der Waals surface area (Å²) in [6, 6.07) is 11.7. The summed E-state index contributed by atoms with van der Waals surface area (Å²) in [5.74, 6) is 0.338. The van der Waals surface area contributed by atoms with E-state index in [2.05, 4.69) is 12.2 Å². The van der Waals surface area contributed by atoms with Crippen LogP contribution in [0.2, 0.25) is 0 Å². The van der Waals surface area contributed by atoms with Gasteiger partial charge in [-0.1, -0.05) is 13.0 Å². The summed E-state index contributed by atoms with van der Waals surface area (Å²) >= 11 is 0. The molecule has 7 heteroatoms. The Morgan fingerprint density at radius 2 is 1.77 bits per heavy atom. The summed E-state index contributed by atoms with van der Waals surface area (Å²) in [5, 5.41) is 2.82. The molecule has 1 aliphatic carbocycles. The molecule has 3 atom stereocenters. The minimum absolute atomic E-state index is 0.156. The van der Waals surface area contributed by atoms with Crippen LogP contribution in [0.4, 0.5) is 11.4 Å². The molecule has 1 saturated carbocycles. The molecule has 0 unspecified atom stereocenters. The average Bonchev–Trinajstić information content (AvgIpc) is 3.03. The number of benzene rings is 2. The predicted molar refractivity (Wildman–Crippen MR) is 116 cm³/mol. The SMILES string of the molecule is COc1ccc(NC(=O)c2cccc(N3C(=O)[C@H]4C[C@@H](C)CC[C@H]4C3=O)c2)c(OC)c1. The van der Waals surface area contributed by atoms with E-state index in [1.807, 2.05) is 0 Å². The normalized spacial score (nSPS) is 22.8. The number of nitrogens with one attached hydrogen (secondary N) is 1. The number of fused-ring (bicyclic) bond motifs is 1. The van der Waals surface area contributed by atoms with E-state index < -0.39 is 0 Å². The quantitative estimate of drug-likeness (QED) is 0.739. The van der Waals surface area contributed by atoms with Crippen molar-refractivity contribution in [2.24, 2.45) is 17.8 Å². The van der Waals surface area contributed by atoms with E-state index in [9.17, 15) is 14.4 Å². The highest BCUT2D eigenvalue weighted by atomic mass is 16.5. The smallest absolute Gasteiger partial charge is 0.255 e. The second-order valence-electron chi connectivity index (χ2n) is 8.21. The third-order valence-electron chi connectivity index (χ3n) is 6.21. The maximum absolute atomic E-state index is 13.0. The highest BCUT2D eigenvalue weighted by molar-refractivity contribution is 6.22. The van der Waals surface area contributed by atoms with Gasteiger partial charge in [0.05, 0.1) is 37.4 Å². The number of hydrogen-bond donors (Lipinski definition) is 1. The maximum Gasteiger partial charge on any atom is 0.255 e. The number of methoxy groups -OCH3 is 2. The van der Waals surface area contributed by atoms with Crippen molar-refractivity contribution in [2.75, 3.05) is 24.4 Å². The van der Waals surface area contributed by atoms with Crippen LogP contribution in [0.25, 0.3) is 0 Å². The van der Waals surface area contributed by atoms with Gasteiger partial charge < -0.3 is 14.8 Å². The van der Waals surface area contributed by atoms with Crippen LogP contribution in [0.1, 0.15) is 36.5 Å². The fourth-order valence-electron chi connectivity index (χ4n) is 4.53. The lowest BCUT2D eigenvalue weighted by atomic mass is 9.76. The maximum atomic E-state index is 13.0. The number of carbonyl (C=O) groups excluding carboxylic acids is 3. The summed E-state index contributed by atoms with van der Waals surface area (Å²) in [5.41, 5.74) is 1.28. The third-order valence-corrected chi connectivity index (χ3v) is 6.21. The van der Waals surface area contributed by atoms with Crippen LogP contribution in [0.3, 0.4) is 0 Å². The molecule has 1 N–H and O–H groups in total. The van der Waals surface area contributed by atoms with Gasteiger partial charge in [-0.2, -0.15) is 0 Å². The number of carbonyl (C=O) groups is 3. The number of anilines is 2. The average molecular weight is 422 g/mol. The van der Waals surface area contributed by atoms with Gasteiger partial charge >= 0.3 is 0 Å². The molecule has 0 radical (unpaired) electrons. The summed E-state index contributed by atoms with van der Waals surface area (Å²) in [7, 11) is 3.06. The van der Waals surface area contributed by atoms with Gasteiger partial charge in [-0.25, -0.2) is 0 Å². The monoisotopic (exact) mass is 422 g/mol. The Morgan fingerprint density at radius 1 is 1.00 bits per heavy atom. The van der Waals surface area contributed by atoms with Crippen LogP contribution in [0.15, 0.2) is 42.5 Å². The van der Waals surface area contributed by atoms with E-state index >= 15 is 0 Å². The van der Waals surface area contributed by atoms with Gasteiger partial charge in [-0.3, -0.25) is 19.3 Å². The van der Waals surface area contributed by atoms with Crippen LogP contribution in [0.5, 0.6) is 11.5 Å². The topological polar surface area (TPSA) is 84.9 Å². The Balaban J connectivity index is 1.57. The van der Waals surface area contributed by atoms with Gasteiger partial charge in [0, 0.05) is 11.6 Å². The van der Waals surface area contributed by atoms with Crippen LogP contribution in [-0.2, 0) is 9.59 Å². The fourth-order valence-corrected chi connectivity index (χ4v) is 4.53. The van der Waals surface area contributed by atoms with Gasteiger partial charge in [0.25, 0.3) is 5.91 Å². The van der Waals surface area contributed by atoms with Crippen molar-refractivity contribution in [3.63, 3.8) is 0 Å². The molecule has 2 aliphatic rings. The Morgan fingerprint density at radius 3 is 2.52 bits per heavy atom. The Kier molecular flexibility index (Phi) is 5.67. The number of amides is 3. The summed E-state index contributed by atoms with van der Waals surface area (Å²) in [4.78, 5) is 40.1. The predicted octanol–water partition coefficient (Wildman–Crippen LogP) is 3.88. The molecule has 4 rings (SSSR count). The first-order valence-corrected chi connectivity index (χ1v) is 10.4. The molecule has 0 aromatic heterocycles. The zero-order valence-electron chi connectivity index (χ0n) is 17.9. The Labute approximate surface area is 181 Å². The minimum Gasteiger partial charge on any atom is -0.497 e. The lowest BCUT2D eigenvalue weighted by Crippen LogP contribution is -2.31. The number of ether oxygens (including phenoxy) is 2. The van der Waals surface area contributed by atoms with Crippen LogP contribution in [-0.4, -0.2) is 31.9 Å². The molecule has 1 aliphatic heterocycles. The van der Waals surface area contributed by atoms with Crippen molar-refractivity contribution in [3.8, 4) is 11.5 Å². The van der Waals surface area contributed by atoms with E-state index in [4.69, 9.17) is 9.47 Å². The van der Waals surface area contributed by atoms with E-state index in [1.54, 1.807) is 49.6 Å². The zero-order valence-corrected chi connectivity index (χ0v) is 17.9. The van der Waals surface area contributed by atoms with E-state index in [0.29, 0.717) is 34.4 Å². The molecule has 162 valence electrons. The van der Waals surface area contributed by atoms with Crippen LogP contribution >= 0.6 is 0 Å². The van der Waals surface area contributed by atoms with Crippen molar-refractivity contribution in [3.05, 3.63) is 48.0 Å². The molecule has 1 saturated heterocycles. The largest absolute Gasteiger partial charge is 0.497 e. The summed E-state index contributed by atoms with van der Waals surface area (Å²) < 4.78 is 10.5. The van der Waals surface area contributed by atoms with Crippen LogP contribution < -0.4 is 19.7 Å². The van der Waals surface area contributed by atoms with E-state index in [1.165, 1.54) is 12.0 Å².